The van der Waals surface area contributed by atoms with E-state index in [1.807, 2.05) is 66.7 Å². The van der Waals surface area contributed by atoms with Crippen LogP contribution < -0.4 is 5.32 Å². The Bertz CT molecular complexity index is 1080. The molecule has 32 heavy (non-hydrogen) atoms. The zero-order valence-corrected chi connectivity index (χ0v) is 18.4. The number of benzene rings is 2. The van der Waals surface area contributed by atoms with Crippen molar-refractivity contribution < 1.29 is 14.7 Å². The summed E-state index contributed by atoms with van der Waals surface area (Å²) in [6.45, 7) is 0. The van der Waals surface area contributed by atoms with Gasteiger partial charge >= 0.3 is 5.97 Å². The number of carbonyl (C=O) groups excluding carboxylic acids is 1. The van der Waals surface area contributed by atoms with Gasteiger partial charge in [0.05, 0.1) is 0 Å². The molecular formula is C26H25ClN2O3. The molecule has 0 aliphatic rings. The van der Waals surface area contributed by atoms with Crippen molar-refractivity contribution in [2.45, 2.75) is 32.1 Å². The lowest BCUT2D eigenvalue weighted by Gasteiger charge is -2.11. The molecule has 1 heterocycles. The van der Waals surface area contributed by atoms with Gasteiger partial charge in [0.2, 0.25) is 5.91 Å². The molecule has 3 aromatic rings. The number of hydrogen-bond acceptors (Lipinski definition) is 3. The summed E-state index contributed by atoms with van der Waals surface area (Å²) in [5.74, 6) is -0.866. The van der Waals surface area contributed by atoms with Crippen LogP contribution in [0.5, 0.6) is 0 Å². The van der Waals surface area contributed by atoms with Crippen molar-refractivity contribution in [3.8, 4) is 0 Å². The zero-order chi connectivity index (χ0) is 22.8. The largest absolute Gasteiger partial charge is 0.481 e. The van der Waals surface area contributed by atoms with Gasteiger partial charge in [0.15, 0.2) is 0 Å². The monoisotopic (exact) mass is 448 g/mol. The van der Waals surface area contributed by atoms with Crippen molar-refractivity contribution >= 4 is 34.7 Å². The van der Waals surface area contributed by atoms with Crippen molar-refractivity contribution in [2.24, 2.45) is 0 Å². The van der Waals surface area contributed by atoms with Crippen LogP contribution in [0.25, 0.3) is 5.57 Å². The van der Waals surface area contributed by atoms with E-state index < -0.39 is 5.97 Å². The van der Waals surface area contributed by atoms with Crippen molar-refractivity contribution in [2.75, 3.05) is 5.32 Å². The van der Waals surface area contributed by atoms with Crippen LogP contribution in [0.15, 0.2) is 79.1 Å². The average molecular weight is 449 g/mol. The number of pyridine rings is 1. The van der Waals surface area contributed by atoms with Crippen molar-refractivity contribution in [3.05, 3.63) is 101 Å². The smallest absolute Gasteiger partial charge is 0.303 e. The van der Waals surface area contributed by atoms with Crippen LogP contribution in [0.2, 0.25) is 5.02 Å². The minimum absolute atomic E-state index is 0.0644. The average Bonchev–Trinajstić information content (AvgIpc) is 2.79. The van der Waals surface area contributed by atoms with E-state index in [4.69, 9.17) is 16.7 Å². The molecule has 3 rings (SSSR count). The molecule has 0 aliphatic heterocycles. The third-order valence-electron chi connectivity index (χ3n) is 4.93. The van der Waals surface area contributed by atoms with Gasteiger partial charge in [0.1, 0.15) is 0 Å². The summed E-state index contributed by atoms with van der Waals surface area (Å²) in [4.78, 5) is 27.5. The first-order valence-corrected chi connectivity index (χ1v) is 10.9. The molecule has 0 saturated heterocycles. The van der Waals surface area contributed by atoms with E-state index >= 15 is 0 Å². The second-order valence-corrected chi connectivity index (χ2v) is 7.84. The van der Waals surface area contributed by atoms with E-state index in [1.165, 1.54) is 0 Å². The summed E-state index contributed by atoms with van der Waals surface area (Å²) in [7, 11) is 0. The first-order chi connectivity index (χ1) is 15.5. The minimum Gasteiger partial charge on any atom is -0.481 e. The molecule has 0 bridgehead atoms. The van der Waals surface area contributed by atoms with Gasteiger partial charge < -0.3 is 10.4 Å². The zero-order valence-electron chi connectivity index (χ0n) is 17.6. The molecule has 0 atom stereocenters. The maximum Gasteiger partial charge on any atom is 0.303 e. The second kappa shape index (κ2) is 11.8. The highest BCUT2D eigenvalue weighted by atomic mass is 35.5. The summed E-state index contributed by atoms with van der Waals surface area (Å²) >= 11 is 5.91. The number of anilines is 1. The Hall–Kier alpha value is -3.44. The topological polar surface area (TPSA) is 79.3 Å². The Morgan fingerprint density at radius 2 is 1.78 bits per heavy atom. The summed E-state index contributed by atoms with van der Waals surface area (Å²) < 4.78 is 0. The van der Waals surface area contributed by atoms with Gasteiger partial charge in [0, 0.05) is 41.5 Å². The fourth-order valence-corrected chi connectivity index (χ4v) is 3.45. The fraction of sp³-hybridized carbons (Fsp3) is 0.192. The van der Waals surface area contributed by atoms with Crippen LogP contribution in [0.3, 0.4) is 0 Å². The van der Waals surface area contributed by atoms with Gasteiger partial charge in [-0.15, -0.1) is 0 Å². The summed E-state index contributed by atoms with van der Waals surface area (Å²) in [5.41, 5.74) is 4.60. The summed E-state index contributed by atoms with van der Waals surface area (Å²) in [6, 6.07) is 19.0. The Balaban J connectivity index is 1.70. The second-order valence-electron chi connectivity index (χ2n) is 7.40. The standard InChI is InChI=1S/C26H25ClN2O3/c27-22-13-10-19(11-14-22)12-15-25(30)29-23-7-3-5-20(17-23)24(8-1-2-9-26(31)32)21-6-4-16-28-18-21/h3-8,10-11,13-14,16-18H,1-2,9,12,15H2,(H,29,30)(H,31,32)/b24-8-. The number of allylic oxidation sites excluding steroid dienone is 1. The van der Waals surface area contributed by atoms with Crippen molar-refractivity contribution in [1.82, 2.24) is 4.98 Å². The number of unbranched alkanes of at least 4 members (excludes halogenated alkanes) is 1. The molecule has 6 heteroatoms. The SMILES string of the molecule is O=C(O)CCC/C=C(\c1cccnc1)c1cccc(NC(=O)CCc2ccc(Cl)cc2)c1. The van der Waals surface area contributed by atoms with Gasteiger partial charge in [-0.25, -0.2) is 0 Å². The van der Waals surface area contributed by atoms with Crippen LogP contribution in [0.1, 0.15) is 42.4 Å². The van der Waals surface area contributed by atoms with E-state index in [2.05, 4.69) is 10.3 Å². The first-order valence-electron chi connectivity index (χ1n) is 10.5. The number of carboxylic acid groups (broad SMARTS) is 1. The van der Waals surface area contributed by atoms with Crippen LogP contribution >= 0.6 is 11.6 Å². The molecule has 0 aliphatic carbocycles. The number of carboxylic acids is 1. The number of nitrogens with zero attached hydrogens (tertiary/aromatic N) is 1. The lowest BCUT2D eigenvalue weighted by Crippen LogP contribution is -2.12. The van der Waals surface area contributed by atoms with Gasteiger partial charge in [-0.3, -0.25) is 14.6 Å². The number of aryl methyl sites for hydroxylation is 1. The fourth-order valence-electron chi connectivity index (χ4n) is 3.32. The molecule has 2 N–H and O–H groups in total. The van der Waals surface area contributed by atoms with Gasteiger partial charge in [-0.2, -0.15) is 0 Å². The maximum atomic E-state index is 12.5. The molecular weight excluding hydrogens is 424 g/mol. The molecule has 0 saturated carbocycles. The number of amides is 1. The van der Waals surface area contributed by atoms with Crippen LogP contribution in [-0.4, -0.2) is 22.0 Å². The number of aromatic nitrogens is 1. The van der Waals surface area contributed by atoms with E-state index in [0.717, 1.165) is 22.3 Å². The molecule has 1 aromatic heterocycles. The molecule has 1 amide bonds. The van der Waals surface area contributed by atoms with Gasteiger partial charge in [0.25, 0.3) is 0 Å². The molecule has 0 unspecified atom stereocenters. The lowest BCUT2D eigenvalue weighted by atomic mass is 9.97. The van der Waals surface area contributed by atoms with Crippen LogP contribution in [-0.2, 0) is 16.0 Å². The Kier molecular flexibility index (Phi) is 8.58. The predicted octanol–water partition coefficient (Wildman–Crippen LogP) is 5.99. The van der Waals surface area contributed by atoms with Crippen molar-refractivity contribution in [3.63, 3.8) is 0 Å². The molecule has 164 valence electrons. The van der Waals surface area contributed by atoms with E-state index in [0.29, 0.717) is 36.4 Å². The van der Waals surface area contributed by atoms with Crippen molar-refractivity contribution in [1.29, 1.82) is 0 Å². The summed E-state index contributed by atoms with van der Waals surface area (Å²) in [5, 5.41) is 12.5. The Morgan fingerprint density at radius 3 is 2.50 bits per heavy atom. The van der Waals surface area contributed by atoms with E-state index in [9.17, 15) is 9.59 Å². The molecule has 5 nitrogen and oxygen atoms in total. The number of halogens is 1. The third-order valence-corrected chi connectivity index (χ3v) is 5.18. The first kappa shape index (κ1) is 23.2. The van der Waals surface area contributed by atoms with Crippen LogP contribution in [0.4, 0.5) is 5.69 Å². The minimum atomic E-state index is -0.801. The maximum absolute atomic E-state index is 12.5. The van der Waals surface area contributed by atoms with Gasteiger partial charge in [-0.1, -0.05) is 48.0 Å². The van der Waals surface area contributed by atoms with Gasteiger partial charge in [-0.05, 0) is 66.3 Å². The Labute approximate surface area is 192 Å². The molecule has 0 fully saturated rings. The normalized spacial score (nSPS) is 11.2. The number of rotatable bonds is 10. The Morgan fingerprint density at radius 1 is 1.00 bits per heavy atom. The van der Waals surface area contributed by atoms with Crippen LogP contribution in [0, 0.1) is 0 Å². The highest BCUT2D eigenvalue weighted by Crippen LogP contribution is 2.26. The number of aliphatic carboxylic acids is 1. The predicted molar refractivity (Wildman–Crippen MR) is 128 cm³/mol. The van der Waals surface area contributed by atoms with E-state index in [1.54, 1.807) is 12.4 Å². The highest BCUT2D eigenvalue weighted by molar-refractivity contribution is 6.30. The molecule has 2 aromatic carbocycles. The summed E-state index contributed by atoms with van der Waals surface area (Å²) in [6.07, 6.45) is 7.83. The quantitative estimate of drug-likeness (QED) is 0.373. The number of hydrogen-bond donors (Lipinski definition) is 2. The highest BCUT2D eigenvalue weighted by Gasteiger charge is 2.09. The van der Waals surface area contributed by atoms with E-state index in [-0.39, 0.29) is 12.3 Å². The number of nitrogens with one attached hydrogen (secondary N) is 1. The molecule has 0 radical (unpaired) electrons. The third kappa shape index (κ3) is 7.36. The lowest BCUT2D eigenvalue weighted by molar-refractivity contribution is -0.137. The number of carbonyl (C=O) groups is 2. The molecule has 0 spiro atoms.